The molecule has 26 nitrogen and oxygen atoms in total. The first-order valence-electron chi connectivity index (χ1n) is 15.6. The Kier molecular flexibility index (Phi) is 16.4. The standard InChI is InChI=1S/C25H40N7O19P3S/c1-25(2,19(38)22(39)28-7-6-13(33)27-8-9-55-15(36)5-4-14(34)35)10-47-53(43,44)51-54(45,46-3)50-24-18(49-52(40,41)42)17(37)23(48-24)32-12-31-16-20(26)29-11-30-21(16)32/h11-12,17-19,23-24,37-38H,4-10H2,1-3H3,(H,27,33)(H,28,39)(H,34,35)(H,43,44)(H2,26,29,30)(H2,40,41,42)/t17-,18-,19?,23-,24-,54?/m1/s1. The maximum atomic E-state index is 13.4. The third-order valence-electron chi connectivity index (χ3n) is 7.22. The summed E-state index contributed by atoms with van der Waals surface area (Å²) in [6, 6.07) is 0. The van der Waals surface area contributed by atoms with Crippen LogP contribution in [0.15, 0.2) is 12.7 Å². The minimum absolute atomic E-state index is 0.0239. The topological polar surface area (TPSA) is 390 Å². The van der Waals surface area contributed by atoms with Crippen molar-refractivity contribution in [2.24, 2.45) is 5.41 Å². The molecule has 0 bridgehead atoms. The van der Waals surface area contributed by atoms with E-state index < -0.39 is 84.1 Å². The molecule has 0 radical (unpaired) electrons. The van der Waals surface area contributed by atoms with E-state index in [2.05, 4.69) is 38.9 Å². The molecule has 10 N–H and O–H groups in total. The first-order chi connectivity index (χ1) is 25.5. The van der Waals surface area contributed by atoms with Gasteiger partial charge in [-0.25, -0.2) is 28.6 Å². The molecule has 30 heteroatoms. The molecule has 1 aliphatic heterocycles. The van der Waals surface area contributed by atoms with Crippen LogP contribution in [-0.2, 0) is 60.0 Å². The van der Waals surface area contributed by atoms with Gasteiger partial charge in [-0.15, -0.1) is 0 Å². The van der Waals surface area contributed by atoms with Gasteiger partial charge < -0.3 is 51.1 Å². The fourth-order valence-electron chi connectivity index (χ4n) is 4.44. The Morgan fingerprint density at radius 3 is 2.38 bits per heavy atom. The van der Waals surface area contributed by atoms with Gasteiger partial charge in [-0.2, -0.15) is 4.31 Å². The summed E-state index contributed by atoms with van der Waals surface area (Å²) in [5.74, 6) is -2.52. The Hall–Kier alpha value is -2.97. The normalized spacial score (nSPS) is 21.7. The Morgan fingerprint density at radius 2 is 1.75 bits per heavy atom. The maximum Gasteiger partial charge on any atom is 0.485 e. The van der Waals surface area contributed by atoms with Crippen molar-refractivity contribution in [3.63, 3.8) is 0 Å². The third kappa shape index (κ3) is 13.9. The van der Waals surface area contributed by atoms with E-state index in [-0.39, 0.29) is 60.2 Å². The second kappa shape index (κ2) is 19.5. The van der Waals surface area contributed by atoms with Gasteiger partial charge in [0.1, 0.15) is 24.1 Å². The highest BCUT2D eigenvalue weighted by Crippen LogP contribution is 2.65. The number of carbonyl (C=O) groups is 4. The molecule has 0 spiro atoms. The number of rotatable bonds is 22. The first-order valence-corrected chi connectivity index (χ1v) is 21.1. The highest BCUT2D eigenvalue weighted by Gasteiger charge is 2.54. The molecule has 3 unspecified atom stereocenters. The number of ether oxygens (including phenoxy) is 1. The average Bonchev–Trinajstić information content (AvgIpc) is 3.64. The van der Waals surface area contributed by atoms with Gasteiger partial charge in [0.2, 0.25) is 18.1 Å². The number of thioether (sulfide) groups is 1. The van der Waals surface area contributed by atoms with Crippen molar-refractivity contribution in [1.82, 2.24) is 30.2 Å². The number of phosphoric ester groups is 3. The quantitative estimate of drug-likeness (QED) is 0.0513. The van der Waals surface area contributed by atoms with Crippen LogP contribution >= 0.6 is 35.2 Å². The second-order valence-electron chi connectivity index (χ2n) is 12.0. The van der Waals surface area contributed by atoms with Crippen LogP contribution in [0.2, 0.25) is 0 Å². The Balaban J connectivity index is 1.56. The predicted octanol–water partition coefficient (Wildman–Crippen LogP) is -0.859. The number of nitrogens with two attached hydrogens (primary N) is 1. The van der Waals surface area contributed by atoms with Gasteiger partial charge in [0, 0.05) is 44.2 Å². The molecule has 3 rings (SSSR count). The Bertz CT molecular complexity index is 1850. The van der Waals surface area contributed by atoms with Crippen molar-refractivity contribution in [1.29, 1.82) is 0 Å². The van der Waals surface area contributed by atoms with Gasteiger partial charge in [0.15, 0.2) is 28.9 Å². The number of amides is 2. The second-order valence-corrected chi connectivity index (χ2v) is 17.6. The molecule has 3 heterocycles. The number of carbonyl (C=O) groups excluding carboxylic acids is 3. The number of aliphatic carboxylic acids is 1. The Labute approximate surface area is 315 Å². The number of aliphatic hydroxyl groups is 2. The number of phosphoric acid groups is 3. The number of aliphatic hydroxyl groups excluding tert-OH is 2. The Morgan fingerprint density at radius 1 is 1.05 bits per heavy atom. The van der Waals surface area contributed by atoms with E-state index >= 15 is 0 Å². The summed E-state index contributed by atoms with van der Waals surface area (Å²) in [6.07, 6.45) is -8.57. The largest absolute Gasteiger partial charge is 0.485 e. The SMILES string of the molecule is COP(=O)(O[C@H]1O[C@@H](n2cnc3c(N)ncnc32)[C@H](O)[C@H]1OP(=O)(O)O)OP(=O)(O)OCC(C)(C)C(O)C(=O)NCCC(=O)NCCSC(=O)CCC(=O)O. The number of hydrogen-bond donors (Lipinski definition) is 9. The highest BCUT2D eigenvalue weighted by atomic mass is 32.2. The van der Waals surface area contributed by atoms with Crippen LogP contribution in [0.4, 0.5) is 5.82 Å². The molecular weight excluding hydrogens is 827 g/mol. The zero-order valence-corrected chi connectivity index (χ0v) is 32.6. The number of anilines is 1. The molecule has 1 fully saturated rings. The number of hydrogen-bond acceptors (Lipinski definition) is 20. The van der Waals surface area contributed by atoms with E-state index in [1.165, 1.54) is 13.8 Å². The van der Waals surface area contributed by atoms with Crippen molar-refractivity contribution in [2.75, 3.05) is 38.3 Å². The van der Waals surface area contributed by atoms with E-state index in [1.54, 1.807) is 0 Å². The lowest BCUT2D eigenvalue weighted by Gasteiger charge is -2.30. The van der Waals surface area contributed by atoms with Crippen molar-refractivity contribution in [2.45, 2.75) is 63.9 Å². The fraction of sp³-hybridized carbons (Fsp3) is 0.640. The van der Waals surface area contributed by atoms with Crippen LogP contribution in [-0.4, -0.2) is 130 Å². The number of nitrogens with one attached hydrogen (secondary N) is 2. The lowest BCUT2D eigenvalue weighted by atomic mass is 9.87. The zero-order chi connectivity index (χ0) is 41.4. The first kappa shape index (κ1) is 46.4. The molecule has 2 amide bonds. The van der Waals surface area contributed by atoms with Crippen molar-refractivity contribution in [3.8, 4) is 0 Å². The summed E-state index contributed by atoms with van der Waals surface area (Å²) in [7, 11) is -15.6. The molecule has 310 valence electrons. The van der Waals surface area contributed by atoms with Crippen LogP contribution in [0.3, 0.4) is 0 Å². The van der Waals surface area contributed by atoms with Crippen LogP contribution < -0.4 is 16.4 Å². The van der Waals surface area contributed by atoms with Gasteiger partial charge in [0.05, 0.1) is 19.4 Å². The number of carboxylic acid groups (broad SMARTS) is 1. The highest BCUT2D eigenvalue weighted by molar-refractivity contribution is 8.13. The summed E-state index contributed by atoms with van der Waals surface area (Å²) in [5, 5.41) is 34.6. The number of imidazole rings is 1. The molecule has 1 saturated heterocycles. The van der Waals surface area contributed by atoms with E-state index in [4.69, 9.17) is 24.6 Å². The van der Waals surface area contributed by atoms with Gasteiger partial charge in [-0.1, -0.05) is 25.6 Å². The number of carboxylic acids is 1. The number of aromatic nitrogens is 4. The molecule has 0 aromatic carbocycles. The predicted molar refractivity (Wildman–Crippen MR) is 184 cm³/mol. The molecule has 55 heavy (non-hydrogen) atoms. The lowest BCUT2D eigenvalue weighted by Crippen LogP contribution is -2.46. The van der Waals surface area contributed by atoms with E-state index in [1.807, 2.05) is 0 Å². The number of nitrogen functional groups attached to an aromatic ring is 1. The summed E-state index contributed by atoms with van der Waals surface area (Å²) in [5.41, 5.74) is 4.14. The van der Waals surface area contributed by atoms with Gasteiger partial charge in [-0.3, -0.25) is 41.8 Å². The zero-order valence-electron chi connectivity index (χ0n) is 29.1. The van der Waals surface area contributed by atoms with Crippen LogP contribution in [0, 0.1) is 5.41 Å². The number of fused-ring (bicyclic) bond motifs is 1. The summed E-state index contributed by atoms with van der Waals surface area (Å²) >= 11 is 0.852. The summed E-state index contributed by atoms with van der Waals surface area (Å²) in [4.78, 5) is 87.7. The minimum Gasteiger partial charge on any atom is -0.481 e. The van der Waals surface area contributed by atoms with Crippen molar-refractivity contribution < 1.29 is 90.0 Å². The maximum absolute atomic E-state index is 13.4. The van der Waals surface area contributed by atoms with E-state index in [0.717, 1.165) is 29.0 Å². The molecule has 1 aliphatic rings. The summed E-state index contributed by atoms with van der Waals surface area (Å²) in [6.45, 7) is 1.40. The van der Waals surface area contributed by atoms with Crippen LogP contribution in [0.25, 0.3) is 11.2 Å². The van der Waals surface area contributed by atoms with Crippen LogP contribution in [0.5, 0.6) is 0 Å². The monoisotopic (exact) mass is 867 g/mol. The van der Waals surface area contributed by atoms with Crippen LogP contribution in [0.1, 0.15) is 39.3 Å². The summed E-state index contributed by atoms with van der Waals surface area (Å²) < 4.78 is 68.4. The molecule has 2 aromatic rings. The van der Waals surface area contributed by atoms with Crippen molar-refractivity contribution in [3.05, 3.63) is 12.7 Å². The van der Waals surface area contributed by atoms with Gasteiger partial charge in [-0.05, 0) is 0 Å². The van der Waals surface area contributed by atoms with Gasteiger partial charge in [0.25, 0.3) is 0 Å². The van der Waals surface area contributed by atoms with E-state index in [0.29, 0.717) is 7.11 Å². The molecular formula is C25H40N7O19P3S. The average molecular weight is 868 g/mol. The number of nitrogens with zero attached hydrogens (tertiary/aromatic N) is 4. The van der Waals surface area contributed by atoms with E-state index in [9.17, 15) is 57.8 Å². The van der Waals surface area contributed by atoms with Crippen molar-refractivity contribution >= 4 is 75.1 Å². The third-order valence-corrected chi connectivity index (χ3v) is 11.7. The molecule has 2 aromatic heterocycles. The fourth-order valence-corrected chi connectivity index (χ4v) is 8.28. The smallest absolute Gasteiger partial charge is 0.481 e. The molecule has 0 saturated carbocycles. The molecule has 0 aliphatic carbocycles. The molecule has 7 atom stereocenters. The lowest BCUT2D eigenvalue weighted by molar-refractivity contribution is -0.138. The van der Waals surface area contributed by atoms with Gasteiger partial charge >= 0.3 is 29.4 Å². The minimum atomic E-state index is -5.51.